The van der Waals surface area contributed by atoms with Crippen LogP contribution in [0.15, 0.2) is 18.2 Å². The zero-order valence-corrected chi connectivity index (χ0v) is 15.5. The van der Waals surface area contributed by atoms with Crippen LogP contribution in [0.25, 0.3) is 0 Å². The second-order valence-corrected chi connectivity index (χ2v) is 7.69. The van der Waals surface area contributed by atoms with Crippen LogP contribution in [0.1, 0.15) is 48.3 Å². The number of nitrogens with one attached hydrogen (secondary N) is 1. The molecule has 2 fully saturated rings. The van der Waals surface area contributed by atoms with Gasteiger partial charge in [0, 0.05) is 25.0 Å². The Labute approximate surface area is 149 Å². The molecule has 1 aromatic rings. The van der Waals surface area contributed by atoms with Gasteiger partial charge in [0.1, 0.15) is 0 Å². The Morgan fingerprint density at radius 1 is 1.08 bits per heavy atom. The second-order valence-electron chi connectivity index (χ2n) is 7.69. The molecule has 3 rings (SSSR count). The van der Waals surface area contributed by atoms with E-state index in [0.717, 1.165) is 12.8 Å². The minimum atomic E-state index is -0.417. The molecule has 1 N–H and O–H groups in total. The Morgan fingerprint density at radius 3 is 2.24 bits per heavy atom. The number of alkyl carbamates (subject to hydrolysis) is 1. The summed E-state index contributed by atoms with van der Waals surface area (Å²) >= 11 is 0. The molecule has 2 amide bonds. The van der Waals surface area contributed by atoms with Crippen molar-refractivity contribution in [2.24, 2.45) is 5.92 Å². The van der Waals surface area contributed by atoms with Crippen LogP contribution in [-0.2, 0) is 9.53 Å². The van der Waals surface area contributed by atoms with Gasteiger partial charge in [0.25, 0.3) is 0 Å². The summed E-state index contributed by atoms with van der Waals surface area (Å²) in [6.45, 7) is 4.27. The maximum absolute atomic E-state index is 12.6. The van der Waals surface area contributed by atoms with Crippen LogP contribution in [0.3, 0.4) is 0 Å². The van der Waals surface area contributed by atoms with Crippen LogP contribution >= 0.6 is 0 Å². The van der Waals surface area contributed by atoms with E-state index in [1.165, 1.54) is 23.8 Å². The fourth-order valence-corrected chi connectivity index (χ4v) is 4.05. The Bertz CT molecular complexity index is 641. The first-order valence-electron chi connectivity index (χ1n) is 9.06. The molecule has 1 aromatic carbocycles. The lowest BCUT2D eigenvalue weighted by atomic mass is 9.73. The van der Waals surface area contributed by atoms with Crippen LogP contribution in [0.2, 0.25) is 0 Å². The summed E-state index contributed by atoms with van der Waals surface area (Å²) in [4.78, 5) is 25.7. The van der Waals surface area contributed by atoms with Gasteiger partial charge >= 0.3 is 6.09 Å². The summed E-state index contributed by atoms with van der Waals surface area (Å²) in [6, 6.07) is 7.14. The van der Waals surface area contributed by atoms with Gasteiger partial charge in [-0.25, -0.2) is 4.79 Å². The van der Waals surface area contributed by atoms with Gasteiger partial charge in [-0.3, -0.25) is 4.79 Å². The topological polar surface area (TPSA) is 58.6 Å². The van der Waals surface area contributed by atoms with Crippen molar-refractivity contribution in [3.8, 4) is 0 Å². The number of ether oxygens (including phenoxy) is 1. The third-order valence-corrected chi connectivity index (χ3v) is 5.72. The molecule has 2 saturated carbocycles. The monoisotopic (exact) mass is 344 g/mol. The normalized spacial score (nSPS) is 27.7. The summed E-state index contributed by atoms with van der Waals surface area (Å²) < 4.78 is 4.59. The Morgan fingerprint density at radius 2 is 1.68 bits per heavy atom. The number of hydrogen-bond donors (Lipinski definition) is 1. The molecule has 0 heterocycles. The van der Waals surface area contributed by atoms with Gasteiger partial charge < -0.3 is 15.0 Å². The summed E-state index contributed by atoms with van der Waals surface area (Å²) in [5.74, 6) is 0.813. The lowest BCUT2D eigenvalue weighted by Crippen LogP contribution is -2.53. The highest BCUT2D eigenvalue weighted by molar-refractivity contribution is 5.80. The SMILES string of the molecule is COC(=O)NC1CC(C(=O)N(C)C2CC(c3cc(C)cc(C)c3)C2)C1. The van der Waals surface area contributed by atoms with Crippen LogP contribution < -0.4 is 5.32 Å². The number of rotatable bonds is 4. The molecule has 0 atom stereocenters. The average Bonchev–Trinajstić information content (AvgIpc) is 2.47. The summed E-state index contributed by atoms with van der Waals surface area (Å²) in [5, 5.41) is 2.75. The number of nitrogens with zero attached hydrogens (tertiary/aromatic N) is 1. The van der Waals surface area contributed by atoms with Crippen molar-refractivity contribution in [3.63, 3.8) is 0 Å². The summed E-state index contributed by atoms with van der Waals surface area (Å²) in [6.07, 6.45) is 3.10. The van der Waals surface area contributed by atoms with Gasteiger partial charge in [0.2, 0.25) is 5.91 Å². The molecule has 136 valence electrons. The largest absolute Gasteiger partial charge is 0.453 e. The van der Waals surface area contributed by atoms with Crippen LogP contribution in [0.5, 0.6) is 0 Å². The van der Waals surface area contributed by atoms with E-state index in [9.17, 15) is 9.59 Å². The van der Waals surface area contributed by atoms with Crippen molar-refractivity contribution < 1.29 is 14.3 Å². The molecule has 0 aromatic heterocycles. The molecule has 2 aliphatic carbocycles. The lowest BCUT2D eigenvalue weighted by molar-refractivity contribution is -0.141. The van der Waals surface area contributed by atoms with E-state index in [1.807, 2.05) is 11.9 Å². The molecule has 5 nitrogen and oxygen atoms in total. The average molecular weight is 344 g/mol. The number of benzene rings is 1. The molecule has 5 heteroatoms. The second kappa shape index (κ2) is 7.06. The van der Waals surface area contributed by atoms with Crippen LogP contribution in [-0.4, -0.2) is 43.1 Å². The standard InChI is InChI=1S/C20H28N2O3/c1-12-5-13(2)7-14(6-12)15-10-18(11-15)22(3)19(23)16-8-17(9-16)21-20(24)25-4/h5-7,15-18H,8-11H2,1-4H3,(H,21,24). The first-order valence-corrected chi connectivity index (χ1v) is 9.06. The fourth-order valence-electron chi connectivity index (χ4n) is 4.05. The third-order valence-electron chi connectivity index (χ3n) is 5.72. The van der Waals surface area contributed by atoms with Gasteiger partial charge in [0.15, 0.2) is 0 Å². The molecule has 2 aliphatic rings. The first kappa shape index (κ1) is 17.8. The predicted molar refractivity (Wildman–Crippen MR) is 96.5 cm³/mol. The molecular formula is C20H28N2O3. The van der Waals surface area contributed by atoms with E-state index in [1.54, 1.807) is 0 Å². The zero-order valence-electron chi connectivity index (χ0n) is 15.5. The number of hydrogen-bond acceptors (Lipinski definition) is 3. The van der Waals surface area contributed by atoms with Crippen LogP contribution in [0, 0.1) is 19.8 Å². The number of carbonyl (C=O) groups excluding carboxylic acids is 2. The molecule has 0 saturated heterocycles. The number of aryl methyl sites for hydroxylation is 2. The highest BCUT2D eigenvalue weighted by Gasteiger charge is 2.41. The first-order chi connectivity index (χ1) is 11.9. The molecule has 0 radical (unpaired) electrons. The van der Waals surface area contributed by atoms with E-state index in [-0.39, 0.29) is 17.9 Å². The lowest BCUT2D eigenvalue weighted by Gasteiger charge is -2.45. The maximum Gasteiger partial charge on any atom is 0.407 e. The Kier molecular flexibility index (Phi) is 5.02. The highest BCUT2D eigenvalue weighted by atomic mass is 16.5. The quantitative estimate of drug-likeness (QED) is 0.913. The van der Waals surface area contributed by atoms with Gasteiger partial charge in [-0.05, 0) is 51.0 Å². The number of carbonyl (C=O) groups is 2. The molecule has 0 bridgehead atoms. The predicted octanol–water partition coefficient (Wildman–Crippen LogP) is 3.14. The van der Waals surface area contributed by atoms with Crippen molar-refractivity contribution in [2.45, 2.75) is 57.5 Å². The van der Waals surface area contributed by atoms with E-state index >= 15 is 0 Å². The molecule has 0 aliphatic heterocycles. The van der Waals surface area contributed by atoms with Crippen molar-refractivity contribution in [3.05, 3.63) is 34.9 Å². The number of methoxy groups -OCH3 is 1. The third kappa shape index (κ3) is 3.80. The van der Waals surface area contributed by atoms with E-state index in [2.05, 4.69) is 42.1 Å². The maximum atomic E-state index is 12.6. The van der Waals surface area contributed by atoms with E-state index in [4.69, 9.17) is 0 Å². The van der Waals surface area contributed by atoms with Gasteiger partial charge in [0.05, 0.1) is 7.11 Å². The van der Waals surface area contributed by atoms with Crippen molar-refractivity contribution in [1.29, 1.82) is 0 Å². The van der Waals surface area contributed by atoms with Gasteiger partial charge in [-0.2, -0.15) is 0 Å². The number of amides is 2. The Hall–Kier alpha value is -2.04. The summed E-state index contributed by atoms with van der Waals surface area (Å²) in [7, 11) is 3.28. The van der Waals surface area contributed by atoms with E-state index < -0.39 is 6.09 Å². The van der Waals surface area contributed by atoms with Crippen molar-refractivity contribution >= 4 is 12.0 Å². The van der Waals surface area contributed by atoms with Gasteiger partial charge in [-0.15, -0.1) is 0 Å². The Balaban J connectivity index is 1.47. The van der Waals surface area contributed by atoms with Gasteiger partial charge in [-0.1, -0.05) is 29.3 Å². The smallest absolute Gasteiger partial charge is 0.407 e. The van der Waals surface area contributed by atoms with Crippen molar-refractivity contribution in [2.75, 3.05) is 14.2 Å². The zero-order chi connectivity index (χ0) is 18.1. The molecular weight excluding hydrogens is 316 g/mol. The highest BCUT2D eigenvalue weighted by Crippen LogP contribution is 2.41. The molecule has 0 unspecified atom stereocenters. The summed E-state index contributed by atoms with van der Waals surface area (Å²) in [5.41, 5.74) is 4.02. The fraction of sp³-hybridized carbons (Fsp3) is 0.600. The van der Waals surface area contributed by atoms with Crippen molar-refractivity contribution in [1.82, 2.24) is 10.2 Å². The van der Waals surface area contributed by atoms with E-state index in [0.29, 0.717) is 24.8 Å². The molecule has 25 heavy (non-hydrogen) atoms. The minimum absolute atomic E-state index is 0.0346. The molecule has 0 spiro atoms. The minimum Gasteiger partial charge on any atom is -0.453 e. The van der Waals surface area contributed by atoms with Crippen LogP contribution in [0.4, 0.5) is 4.79 Å².